The fourth-order valence-electron chi connectivity index (χ4n) is 7.28. The molecule has 0 bridgehead atoms. The van der Waals surface area contributed by atoms with Crippen LogP contribution >= 0.6 is 22.6 Å². The predicted molar refractivity (Wildman–Crippen MR) is 203 cm³/mol. The number of carbonyl (C=O) groups excluding carboxylic acids is 1. The van der Waals surface area contributed by atoms with E-state index in [0.717, 1.165) is 99.6 Å². The van der Waals surface area contributed by atoms with E-state index >= 15 is 0 Å². The van der Waals surface area contributed by atoms with Crippen molar-refractivity contribution < 1.29 is 23.7 Å². The van der Waals surface area contributed by atoms with Gasteiger partial charge in [-0.25, -0.2) is 0 Å². The maximum absolute atomic E-state index is 13.6. The van der Waals surface area contributed by atoms with Gasteiger partial charge in [0.25, 0.3) is 5.91 Å². The molecule has 0 fully saturated rings. The lowest BCUT2D eigenvalue weighted by molar-refractivity contribution is -0.406. The molecule has 0 radical (unpaired) electrons. The van der Waals surface area contributed by atoms with Crippen LogP contribution < -0.4 is 24.4 Å². The number of hydroxylamine groups is 1. The average Bonchev–Trinajstić information content (AvgIpc) is 3.33. The first-order chi connectivity index (χ1) is 23.8. The number of methoxy groups -OCH3 is 1. The zero-order valence-corrected chi connectivity index (χ0v) is 31.2. The van der Waals surface area contributed by atoms with Crippen LogP contribution in [0.5, 0.6) is 17.2 Å². The number of aromatic nitrogens is 1. The fourth-order valence-corrected chi connectivity index (χ4v) is 7.93. The minimum atomic E-state index is -0.141. The van der Waals surface area contributed by atoms with Gasteiger partial charge in [-0.2, -0.15) is 4.74 Å². The molecule has 6 rings (SSSR count). The Labute approximate surface area is 304 Å². The maximum atomic E-state index is 13.6. The van der Waals surface area contributed by atoms with Crippen molar-refractivity contribution in [2.24, 2.45) is 5.92 Å². The Bertz CT molecular complexity index is 1700. The Morgan fingerprint density at radius 2 is 1.73 bits per heavy atom. The van der Waals surface area contributed by atoms with Gasteiger partial charge in [0.05, 0.1) is 38.0 Å². The van der Waals surface area contributed by atoms with Crippen LogP contribution in [0, 0.1) is 21.6 Å². The number of ether oxygens (including phenoxy) is 3. The number of carbonyl (C=O) groups is 1. The van der Waals surface area contributed by atoms with Gasteiger partial charge in [-0.15, -0.1) is 0 Å². The van der Waals surface area contributed by atoms with Gasteiger partial charge < -0.3 is 29.3 Å². The molecular formula is C39H49IN4O5. The predicted octanol–water partition coefficient (Wildman–Crippen LogP) is 9.03. The first kappa shape index (κ1) is 35.2. The molecule has 49 heavy (non-hydrogen) atoms. The van der Waals surface area contributed by atoms with Crippen LogP contribution in [0.25, 0.3) is 0 Å². The van der Waals surface area contributed by atoms with Crippen LogP contribution in [-0.4, -0.2) is 47.9 Å². The number of allylic oxidation sites excluding steroid dienone is 2. The number of aryl methyl sites for hydroxylation is 1. The van der Waals surface area contributed by atoms with Crippen LogP contribution in [0.4, 0.5) is 11.4 Å². The molecule has 9 nitrogen and oxygen atoms in total. The Morgan fingerprint density at radius 1 is 1.00 bits per heavy atom. The normalized spacial score (nSPS) is 18.4. The van der Waals surface area contributed by atoms with Gasteiger partial charge in [-0.1, -0.05) is 38.5 Å². The van der Waals surface area contributed by atoms with E-state index in [1.165, 1.54) is 25.7 Å². The molecule has 0 saturated heterocycles. The van der Waals surface area contributed by atoms with Crippen molar-refractivity contribution in [2.75, 3.05) is 30.5 Å². The number of fused-ring (bicyclic) bond motifs is 3. The van der Waals surface area contributed by atoms with Crippen molar-refractivity contribution in [1.29, 1.82) is 0 Å². The molecule has 0 spiro atoms. The highest BCUT2D eigenvalue weighted by Gasteiger charge is 2.33. The maximum Gasteiger partial charge on any atom is 0.262 e. The lowest BCUT2D eigenvalue weighted by atomic mass is 9.92. The van der Waals surface area contributed by atoms with E-state index in [1.807, 2.05) is 55.3 Å². The molecule has 3 heterocycles. The molecule has 3 aromatic rings. The van der Waals surface area contributed by atoms with Crippen molar-refractivity contribution in [2.45, 2.75) is 97.2 Å². The lowest BCUT2D eigenvalue weighted by Crippen LogP contribution is -2.47. The van der Waals surface area contributed by atoms with Crippen molar-refractivity contribution in [3.63, 3.8) is 0 Å². The summed E-state index contributed by atoms with van der Waals surface area (Å²) in [7, 11) is 1.64. The van der Waals surface area contributed by atoms with Crippen LogP contribution in [0.15, 0.2) is 54.4 Å². The first-order valence-electron chi connectivity index (χ1n) is 17.9. The third-order valence-corrected chi connectivity index (χ3v) is 10.5. The molecule has 0 saturated carbocycles. The molecule has 2 atom stereocenters. The van der Waals surface area contributed by atoms with Gasteiger partial charge in [-0.05, 0) is 117 Å². The van der Waals surface area contributed by atoms with Gasteiger partial charge in [0, 0.05) is 21.5 Å². The second-order valence-corrected chi connectivity index (χ2v) is 14.7. The Morgan fingerprint density at radius 3 is 2.47 bits per heavy atom. The number of hydrogen-bond donors (Lipinski definition) is 1. The summed E-state index contributed by atoms with van der Waals surface area (Å²) in [6, 6.07) is 11.9. The highest BCUT2D eigenvalue weighted by molar-refractivity contribution is 14.1. The molecule has 1 N–H and O–H groups in total. The van der Waals surface area contributed by atoms with Crippen molar-refractivity contribution >= 4 is 46.1 Å². The highest BCUT2D eigenvalue weighted by Crippen LogP contribution is 2.38. The topological polar surface area (TPSA) is 91.0 Å². The number of hydrogen-bond acceptors (Lipinski definition) is 6. The summed E-state index contributed by atoms with van der Waals surface area (Å²) in [6.07, 6.45) is 17.8. The lowest BCUT2D eigenvalue weighted by Gasteiger charge is -2.36. The van der Waals surface area contributed by atoms with Crippen molar-refractivity contribution in [3.05, 3.63) is 80.0 Å². The molecule has 1 unspecified atom stereocenters. The highest BCUT2D eigenvalue weighted by atomic mass is 127. The molecule has 1 aromatic heterocycles. The molecular weight excluding hydrogens is 731 g/mol. The van der Waals surface area contributed by atoms with E-state index in [9.17, 15) is 10.0 Å². The standard InChI is InChI=1S/C39H49IN4O5/c1-27-22-30(40)16-19-34(27)44-28(2)41-33-18-17-31(23-32(33)39(44)45)48-20-12-8-6-4-5-7-9-13-21-49-37-26-42-24-29-14-10-11-15-35(29)43(46)25-36(42)38(37)47-3/h15-19,22-23,25-26,28-29,41H,4-14,20-21,24H2,1-3H3/t28?,29-/m0/s1. The van der Waals surface area contributed by atoms with E-state index < -0.39 is 0 Å². The minimum absolute atomic E-state index is 0.00717. The second kappa shape index (κ2) is 16.4. The number of halogens is 1. The fraction of sp³-hybridized carbons (Fsp3) is 0.487. The van der Waals surface area contributed by atoms with Crippen LogP contribution in [-0.2, 0) is 6.54 Å². The van der Waals surface area contributed by atoms with E-state index in [2.05, 4.69) is 44.6 Å². The number of unbranched alkanes of at least 4 members (excludes halogenated alkanes) is 7. The first-order valence-corrected chi connectivity index (χ1v) is 19.0. The summed E-state index contributed by atoms with van der Waals surface area (Å²) in [4.78, 5) is 15.4. The molecule has 3 aliphatic rings. The second-order valence-electron chi connectivity index (χ2n) is 13.4. The molecule has 1 aliphatic carbocycles. The molecule has 10 heteroatoms. The number of amides is 1. The monoisotopic (exact) mass is 780 g/mol. The smallest absolute Gasteiger partial charge is 0.262 e. The van der Waals surface area contributed by atoms with Gasteiger partial charge >= 0.3 is 0 Å². The zero-order chi connectivity index (χ0) is 34.3. The van der Waals surface area contributed by atoms with Gasteiger partial charge in [-0.3, -0.25) is 9.69 Å². The summed E-state index contributed by atoms with van der Waals surface area (Å²) in [5.74, 6) is 2.34. The van der Waals surface area contributed by atoms with Gasteiger partial charge in [0.15, 0.2) is 22.9 Å². The van der Waals surface area contributed by atoms with Crippen LogP contribution in [0.3, 0.4) is 0 Å². The minimum Gasteiger partial charge on any atom is -0.618 e. The summed E-state index contributed by atoms with van der Waals surface area (Å²) < 4.78 is 22.2. The van der Waals surface area contributed by atoms with E-state index in [4.69, 9.17) is 14.2 Å². The molecule has 262 valence electrons. The van der Waals surface area contributed by atoms with Crippen molar-refractivity contribution in [3.8, 4) is 17.2 Å². The van der Waals surface area contributed by atoms with Crippen LogP contribution in [0.1, 0.15) is 99.2 Å². The van der Waals surface area contributed by atoms with E-state index in [-0.39, 0.29) is 18.0 Å². The van der Waals surface area contributed by atoms with Crippen molar-refractivity contribution in [1.82, 2.24) is 4.57 Å². The Kier molecular flexibility index (Phi) is 11.7. The number of anilines is 2. The quantitative estimate of drug-likeness (QED) is 0.0717. The summed E-state index contributed by atoms with van der Waals surface area (Å²) >= 11 is 2.30. The Hall–Kier alpha value is -3.67. The zero-order valence-electron chi connectivity index (χ0n) is 29.0. The largest absolute Gasteiger partial charge is 0.618 e. The van der Waals surface area contributed by atoms with E-state index in [1.54, 1.807) is 13.3 Å². The third-order valence-electron chi connectivity index (χ3n) is 9.86. The van der Waals surface area contributed by atoms with E-state index in [0.29, 0.717) is 24.5 Å². The summed E-state index contributed by atoms with van der Waals surface area (Å²) in [5, 5.41) is 16.3. The average molecular weight is 781 g/mol. The number of nitrogens with one attached hydrogen (secondary N) is 1. The SMILES string of the molecule is COc1c(OCCCCCCCCCCOc2ccc3c(c2)C(=O)N(c2ccc(I)cc2C)C(C)N3)cn2c1C=[N+]([O-])C1=CCCC[C@H]1C2. The Balaban J connectivity index is 0.862. The summed E-state index contributed by atoms with van der Waals surface area (Å²) in [5.41, 5.74) is 5.17. The van der Waals surface area contributed by atoms with Crippen LogP contribution in [0.2, 0.25) is 0 Å². The van der Waals surface area contributed by atoms with Gasteiger partial charge in [0.2, 0.25) is 6.21 Å². The third kappa shape index (κ3) is 8.22. The molecule has 2 aromatic carbocycles. The number of nitrogens with zero attached hydrogens (tertiary/aromatic N) is 3. The molecule has 2 aliphatic heterocycles. The summed E-state index contributed by atoms with van der Waals surface area (Å²) in [6.45, 7) is 6.12. The number of benzene rings is 2. The molecule has 1 amide bonds. The van der Waals surface area contributed by atoms with Gasteiger partial charge in [0.1, 0.15) is 11.9 Å². The number of rotatable bonds is 15.